The number of nitrogens with one attached hydrogen (secondary N) is 2. The average molecular weight is 325 g/mol. The fourth-order valence-electron chi connectivity index (χ4n) is 4.65. The predicted molar refractivity (Wildman–Crippen MR) is 86.9 cm³/mol. The van der Waals surface area contributed by atoms with Crippen molar-refractivity contribution in [2.24, 2.45) is 11.8 Å². The molecule has 6 heteroatoms. The van der Waals surface area contributed by atoms with Crippen molar-refractivity contribution >= 4 is 18.3 Å². The average Bonchev–Trinajstić information content (AvgIpc) is 3.25. The van der Waals surface area contributed by atoms with Gasteiger partial charge in [-0.15, -0.1) is 12.4 Å². The molecule has 3 aliphatic rings. The molecule has 3 atom stereocenters. The fourth-order valence-corrected chi connectivity index (χ4v) is 4.65. The summed E-state index contributed by atoms with van der Waals surface area (Å²) in [5.41, 5.74) is -0.490. The molecular weight excluding hydrogens is 300 g/mol. The van der Waals surface area contributed by atoms with Crippen molar-refractivity contribution in [1.29, 1.82) is 0 Å². The van der Waals surface area contributed by atoms with E-state index in [1.54, 1.807) is 6.20 Å². The summed E-state index contributed by atoms with van der Waals surface area (Å²) in [5.74, 6) is 1.76. The molecule has 2 heterocycles. The number of fused-ring (bicyclic) bond motifs is 2. The quantitative estimate of drug-likeness (QED) is 0.889. The molecule has 2 N–H and O–H groups in total. The number of hydrogen-bond donors (Lipinski definition) is 2. The minimum absolute atomic E-state index is 0. The maximum absolute atomic E-state index is 13.1. The molecule has 1 aromatic heterocycles. The molecule has 1 aliphatic heterocycles. The van der Waals surface area contributed by atoms with Crippen molar-refractivity contribution in [3.05, 3.63) is 18.5 Å². The molecule has 5 nitrogen and oxygen atoms in total. The van der Waals surface area contributed by atoms with Gasteiger partial charge in [0.25, 0.3) is 0 Å². The molecule has 1 saturated heterocycles. The lowest BCUT2D eigenvalue weighted by Crippen LogP contribution is -2.57. The molecule has 1 amide bonds. The molecule has 0 aromatic carbocycles. The smallest absolute Gasteiger partial charge is 0.248 e. The van der Waals surface area contributed by atoms with Gasteiger partial charge < -0.3 is 10.6 Å². The summed E-state index contributed by atoms with van der Waals surface area (Å²) >= 11 is 0. The lowest BCUT2D eigenvalue weighted by atomic mass is 9.86. The fraction of sp³-hybridized carbons (Fsp3) is 0.750. The minimum Gasteiger partial charge on any atom is -0.351 e. The standard InChI is InChI=1S/C16H24N4O.ClH/c21-15(19-14-11-12-2-3-13(14)10-12)16(4-7-17-8-5-16)20-9-1-6-18-20;/h1,6,9,12-14,17H,2-5,7-8,10-11H2,(H,19,21);1H. The van der Waals surface area contributed by atoms with Crippen molar-refractivity contribution in [3.63, 3.8) is 0 Å². The summed E-state index contributed by atoms with van der Waals surface area (Å²) in [7, 11) is 0. The van der Waals surface area contributed by atoms with Gasteiger partial charge in [-0.2, -0.15) is 5.10 Å². The van der Waals surface area contributed by atoms with Gasteiger partial charge >= 0.3 is 0 Å². The van der Waals surface area contributed by atoms with Crippen LogP contribution >= 0.6 is 12.4 Å². The SMILES string of the molecule is Cl.O=C(NC1CC2CCC1C2)C1(n2cccn2)CCNCC1. The maximum Gasteiger partial charge on any atom is 0.248 e. The lowest BCUT2D eigenvalue weighted by molar-refractivity contribution is -0.133. The van der Waals surface area contributed by atoms with Crippen LogP contribution in [0.3, 0.4) is 0 Å². The highest BCUT2D eigenvalue weighted by Crippen LogP contribution is 2.44. The Kier molecular flexibility index (Phi) is 4.46. The zero-order valence-electron chi connectivity index (χ0n) is 12.8. The van der Waals surface area contributed by atoms with Gasteiger partial charge in [0.05, 0.1) is 0 Å². The Morgan fingerprint density at radius 2 is 2.09 bits per heavy atom. The first-order chi connectivity index (χ1) is 10.3. The second-order valence-corrected chi connectivity index (χ2v) is 6.99. The molecule has 3 unspecified atom stereocenters. The predicted octanol–water partition coefficient (Wildman–Crippen LogP) is 1.69. The van der Waals surface area contributed by atoms with Crippen LogP contribution in [0.1, 0.15) is 38.5 Å². The Morgan fingerprint density at radius 3 is 2.68 bits per heavy atom. The van der Waals surface area contributed by atoms with Crippen LogP contribution < -0.4 is 10.6 Å². The van der Waals surface area contributed by atoms with Crippen LogP contribution in [0.25, 0.3) is 0 Å². The van der Waals surface area contributed by atoms with E-state index in [0.29, 0.717) is 6.04 Å². The number of nitrogens with zero attached hydrogens (tertiary/aromatic N) is 2. The van der Waals surface area contributed by atoms with Crippen LogP contribution in [-0.4, -0.2) is 34.8 Å². The van der Waals surface area contributed by atoms with Crippen LogP contribution in [0.2, 0.25) is 0 Å². The zero-order valence-corrected chi connectivity index (χ0v) is 13.6. The number of carbonyl (C=O) groups is 1. The number of amides is 1. The molecule has 2 bridgehead atoms. The summed E-state index contributed by atoms with van der Waals surface area (Å²) in [6, 6.07) is 2.31. The van der Waals surface area contributed by atoms with E-state index in [4.69, 9.17) is 0 Å². The van der Waals surface area contributed by atoms with E-state index in [1.807, 2.05) is 16.9 Å². The van der Waals surface area contributed by atoms with Gasteiger partial charge in [-0.05, 0) is 63.1 Å². The molecule has 3 fully saturated rings. The Hall–Kier alpha value is -1.07. The van der Waals surface area contributed by atoms with Crippen molar-refractivity contribution in [3.8, 4) is 0 Å². The Labute approximate surface area is 137 Å². The first kappa shape index (κ1) is 15.8. The summed E-state index contributed by atoms with van der Waals surface area (Å²) in [5, 5.41) is 11.1. The first-order valence-electron chi connectivity index (χ1n) is 8.30. The van der Waals surface area contributed by atoms with E-state index in [1.165, 1.54) is 25.7 Å². The first-order valence-corrected chi connectivity index (χ1v) is 8.30. The molecule has 0 spiro atoms. The molecule has 22 heavy (non-hydrogen) atoms. The molecule has 2 aliphatic carbocycles. The van der Waals surface area contributed by atoms with Gasteiger partial charge in [0.15, 0.2) is 0 Å². The second kappa shape index (κ2) is 6.20. The van der Waals surface area contributed by atoms with Crippen molar-refractivity contribution in [1.82, 2.24) is 20.4 Å². The van der Waals surface area contributed by atoms with Crippen molar-refractivity contribution in [2.45, 2.75) is 50.1 Å². The monoisotopic (exact) mass is 324 g/mol. The third-order valence-electron chi connectivity index (χ3n) is 5.85. The number of piperidine rings is 1. The molecule has 0 radical (unpaired) electrons. The molecule has 122 valence electrons. The van der Waals surface area contributed by atoms with Gasteiger partial charge in [0, 0.05) is 18.4 Å². The van der Waals surface area contributed by atoms with Crippen LogP contribution in [0, 0.1) is 11.8 Å². The van der Waals surface area contributed by atoms with E-state index in [2.05, 4.69) is 15.7 Å². The van der Waals surface area contributed by atoms with Gasteiger partial charge in [-0.25, -0.2) is 0 Å². The lowest BCUT2D eigenvalue weighted by Gasteiger charge is -2.38. The number of rotatable bonds is 3. The summed E-state index contributed by atoms with van der Waals surface area (Å²) in [4.78, 5) is 13.1. The van der Waals surface area contributed by atoms with Crippen LogP contribution in [0.5, 0.6) is 0 Å². The van der Waals surface area contributed by atoms with Crippen molar-refractivity contribution in [2.75, 3.05) is 13.1 Å². The molecule has 1 aromatic rings. The number of halogens is 1. The van der Waals surface area contributed by atoms with E-state index in [9.17, 15) is 4.79 Å². The van der Waals surface area contributed by atoms with Gasteiger partial charge in [0.1, 0.15) is 5.54 Å². The normalized spacial score (nSPS) is 32.5. The minimum atomic E-state index is -0.490. The summed E-state index contributed by atoms with van der Waals surface area (Å²) < 4.78 is 1.89. The Balaban J connectivity index is 0.00000144. The van der Waals surface area contributed by atoms with E-state index < -0.39 is 5.54 Å². The van der Waals surface area contributed by atoms with Crippen LogP contribution in [0.15, 0.2) is 18.5 Å². The highest BCUT2D eigenvalue weighted by molar-refractivity contribution is 5.85. The van der Waals surface area contributed by atoms with Gasteiger partial charge in [-0.1, -0.05) is 6.42 Å². The van der Waals surface area contributed by atoms with E-state index in [-0.39, 0.29) is 18.3 Å². The number of carbonyl (C=O) groups excluding carboxylic acids is 1. The van der Waals surface area contributed by atoms with Gasteiger partial charge in [0.2, 0.25) is 5.91 Å². The molecule has 2 saturated carbocycles. The van der Waals surface area contributed by atoms with Crippen LogP contribution in [0.4, 0.5) is 0 Å². The molecular formula is C16H25ClN4O. The maximum atomic E-state index is 13.1. The summed E-state index contributed by atoms with van der Waals surface area (Å²) in [6.07, 6.45) is 10.5. The van der Waals surface area contributed by atoms with Crippen molar-refractivity contribution < 1.29 is 4.79 Å². The second-order valence-electron chi connectivity index (χ2n) is 6.99. The van der Waals surface area contributed by atoms with Crippen LogP contribution in [-0.2, 0) is 10.3 Å². The zero-order chi connectivity index (χ0) is 14.3. The highest BCUT2D eigenvalue weighted by Gasteiger charge is 2.46. The number of hydrogen-bond acceptors (Lipinski definition) is 3. The van der Waals surface area contributed by atoms with E-state index in [0.717, 1.165) is 37.8 Å². The Morgan fingerprint density at radius 1 is 1.27 bits per heavy atom. The largest absolute Gasteiger partial charge is 0.351 e. The topological polar surface area (TPSA) is 59.0 Å². The third kappa shape index (κ3) is 2.54. The van der Waals surface area contributed by atoms with Gasteiger partial charge in [-0.3, -0.25) is 9.48 Å². The highest BCUT2D eigenvalue weighted by atomic mass is 35.5. The molecule has 4 rings (SSSR count). The third-order valence-corrected chi connectivity index (χ3v) is 5.85. The van der Waals surface area contributed by atoms with E-state index >= 15 is 0 Å². The number of aromatic nitrogens is 2. The Bertz CT molecular complexity index is 512. The summed E-state index contributed by atoms with van der Waals surface area (Å²) in [6.45, 7) is 1.76.